The number of rotatable bonds is 9. The van der Waals surface area contributed by atoms with Crippen molar-refractivity contribution >= 4 is 32.5 Å². The monoisotopic (exact) mass is 511 g/mol. The molecule has 10 heteroatoms. The molecule has 0 bridgehead atoms. The number of hydrogen-bond donors (Lipinski definition) is 1. The summed E-state index contributed by atoms with van der Waals surface area (Å²) in [5.74, 6) is -0.112. The van der Waals surface area contributed by atoms with Crippen LogP contribution in [0.15, 0.2) is 54.2 Å². The third-order valence-corrected chi connectivity index (χ3v) is 8.10. The fourth-order valence-electron chi connectivity index (χ4n) is 4.62. The number of nitrogens with zero attached hydrogens (tertiary/aromatic N) is 4. The van der Waals surface area contributed by atoms with Crippen molar-refractivity contribution in [2.24, 2.45) is 0 Å². The van der Waals surface area contributed by atoms with Crippen molar-refractivity contribution in [3.63, 3.8) is 0 Å². The molecule has 1 saturated heterocycles. The molecule has 36 heavy (non-hydrogen) atoms. The Balaban J connectivity index is 1.74. The van der Waals surface area contributed by atoms with Crippen molar-refractivity contribution < 1.29 is 17.9 Å². The first-order valence-electron chi connectivity index (χ1n) is 11.9. The summed E-state index contributed by atoms with van der Waals surface area (Å²) in [5.41, 5.74) is 3.51. The molecule has 192 valence electrons. The molecule has 0 unspecified atom stereocenters. The standard InChI is InChI=1S/C26H33N5O4S/c1-5-9-31-20(3)19(2)23-16-21(26(32)30-12-10-29(11-13-30)14-15-35-4)17-24(25(23)31)28-36(33,34)22-7-6-8-27-18-22/h5-8,16-18,28H,1,9-15H2,2-4H3. The molecule has 1 fully saturated rings. The number of fused-ring (bicyclic) bond motifs is 1. The van der Waals surface area contributed by atoms with Crippen LogP contribution in [0.5, 0.6) is 0 Å². The first-order chi connectivity index (χ1) is 17.3. The van der Waals surface area contributed by atoms with E-state index in [0.717, 1.165) is 41.8 Å². The number of methoxy groups -OCH3 is 1. The molecule has 1 aliphatic heterocycles. The van der Waals surface area contributed by atoms with Crippen LogP contribution >= 0.6 is 0 Å². The van der Waals surface area contributed by atoms with E-state index in [-0.39, 0.29) is 10.8 Å². The molecule has 0 saturated carbocycles. The Bertz CT molecular complexity index is 1360. The second-order valence-electron chi connectivity index (χ2n) is 8.95. The number of piperazine rings is 1. The number of amides is 1. The molecule has 1 aliphatic rings. The van der Waals surface area contributed by atoms with Crippen molar-refractivity contribution in [2.75, 3.05) is 51.2 Å². The third kappa shape index (κ3) is 5.16. The van der Waals surface area contributed by atoms with Crippen LogP contribution in [-0.4, -0.2) is 80.1 Å². The maximum atomic E-state index is 13.6. The number of hydrogen-bond acceptors (Lipinski definition) is 6. The summed E-state index contributed by atoms with van der Waals surface area (Å²) < 4.78 is 36.3. The van der Waals surface area contributed by atoms with E-state index in [1.54, 1.807) is 25.3 Å². The van der Waals surface area contributed by atoms with Gasteiger partial charge >= 0.3 is 0 Å². The topological polar surface area (TPSA) is 96.8 Å². The summed E-state index contributed by atoms with van der Waals surface area (Å²) in [7, 11) is -2.24. The van der Waals surface area contributed by atoms with Gasteiger partial charge in [0.2, 0.25) is 0 Å². The predicted octanol–water partition coefficient (Wildman–Crippen LogP) is 3.04. The van der Waals surface area contributed by atoms with Gasteiger partial charge < -0.3 is 14.2 Å². The number of allylic oxidation sites excluding steroid dienone is 1. The van der Waals surface area contributed by atoms with Crippen LogP contribution in [0.25, 0.3) is 10.9 Å². The van der Waals surface area contributed by atoms with Gasteiger partial charge in [0, 0.05) is 75.4 Å². The molecule has 3 heterocycles. The Kier molecular flexibility index (Phi) is 7.77. The Labute approximate surface area is 212 Å². The zero-order chi connectivity index (χ0) is 25.9. The summed E-state index contributed by atoms with van der Waals surface area (Å²) >= 11 is 0. The Morgan fingerprint density at radius 1 is 1.22 bits per heavy atom. The summed E-state index contributed by atoms with van der Waals surface area (Å²) in [4.78, 5) is 21.6. The SMILES string of the molecule is C=CCn1c(C)c(C)c2cc(C(=O)N3CCN(CCOC)CC3)cc(NS(=O)(=O)c3cccnc3)c21. The lowest BCUT2D eigenvalue weighted by Gasteiger charge is -2.34. The van der Waals surface area contributed by atoms with Crippen LogP contribution in [-0.2, 0) is 21.3 Å². The van der Waals surface area contributed by atoms with Crippen molar-refractivity contribution in [1.29, 1.82) is 0 Å². The second-order valence-corrected chi connectivity index (χ2v) is 10.6. The molecule has 1 N–H and O–H groups in total. The van der Waals surface area contributed by atoms with Gasteiger partial charge in [0.05, 0.1) is 17.8 Å². The molecule has 0 aliphatic carbocycles. The highest BCUT2D eigenvalue weighted by Crippen LogP contribution is 2.34. The molecule has 1 aromatic carbocycles. The third-order valence-electron chi connectivity index (χ3n) is 6.75. The van der Waals surface area contributed by atoms with E-state index in [2.05, 4.69) is 21.2 Å². The first kappa shape index (κ1) is 25.9. The second kappa shape index (κ2) is 10.8. The van der Waals surface area contributed by atoms with Gasteiger partial charge in [0.25, 0.3) is 15.9 Å². The van der Waals surface area contributed by atoms with Crippen LogP contribution in [0.3, 0.4) is 0 Å². The summed E-state index contributed by atoms with van der Waals surface area (Å²) in [5, 5.41) is 0.836. The number of carbonyl (C=O) groups excluding carboxylic acids is 1. The summed E-state index contributed by atoms with van der Waals surface area (Å²) in [6.45, 7) is 12.6. The lowest BCUT2D eigenvalue weighted by molar-refractivity contribution is 0.0594. The zero-order valence-electron chi connectivity index (χ0n) is 21.0. The van der Waals surface area contributed by atoms with Crippen LogP contribution in [0.2, 0.25) is 0 Å². The molecule has 4 rings (SSSR count). The number of anilines is 1. The first-order valence-corrected chi connectivity index (χ1v) is 13.4. The minimum Gasteiger partial charge on any atom is -0.383 e. The highest BCUT2D eigenvalue weighted by molar-refractivity contribution is 7.92. The number of aromatic nitrogens is 2. The van der Waals surface area contributed by atoms with Crippen molar-refractivity contribution in [3.05, 3.63) is 66.1 Å². The fraction of sp³-hybridized carbons (Fsp3) is 0.385. The normalized spacial score (nSPS) is 14.8. The van der Waals surface area contributed by atoms with Gasteiger partial charge in [0.1, 0.15) is 4.90 Å². The van der Waals surface area contributed by atoms with Gasteiger partial charge in [-0.2, -0.15) is 0 Å². The Hall–Kier alpha value is -3.21. The maximum Gasteiger partial charge on any atom is 0.263 e. The van der Waals surface area contributed by atoms with E-state index < -0.39 is 10.0 Å². The molecular weight excluding hydrogens is 478 g/mol. The highest BCUT2D eigenvalue weighted by Gasteiger charge is 2.26. The van der Waals surface area contributed by atoms with Gasteiger partial charge in [-0.3, -0.25) is 19.4 Å². The number of pyridine rings is 1. The van der Waals surface area contributed by atoms with Gasteiger partial charge in [-0.1, -0.05) is 6.08 Å². The largest absolute Gasteiger partial charge is 0.383 e. The summed E-state index contributed by atoms with van der Waals surface area (Å²) in [6, 6.07) is 6.59. The fourth-order valence-corrected chi connectivity index (χ4v) is 5.64. The lowest BCUT2D eigenvalue weighted by Crippen LogP contribution is -2.49. The maximum absolute atomic E-state index is 13.6. The van der Waals surface area contributed by atoms with E-state index >= 15 is 0 Å². The van der Waals surface area contributed by atoms with Gasteiger partial charge in [-0.15, -0.1) is 6.58 Å². The number of nitrogens with one attached hydrogen (secondary N) is 1. The van der Waals surface area contributed by atoms with E-state index in [1.807, 2.05) is 29.4 Å². The predicted molar refractivity (Wildman–Crippen MR) is 141 cm³/mol. The average Bonchev–Trinajstić information content (AvgIpc) is 3.13. The Morgan fingerprint density at radius 2 is 1.97 bits per heavy atom. The number of benzene rings is 1. The lowest BCUT2D eigenvalue weighted by atomic mass is 10.1. The van der Waals surface area contributed by atoms with Gasteiger partial charge in [-0.25, -0.2) is 8.42 Å². The van der Waals surface area contributed by atoms with E-state index in [0.29, 0.717) is 37.5 Å². The summed E-state index contributed by atoms with van der Waals surface area (Å²) in [6.07, 6.45) is 4.60. The molecule has 3 aromatic rings. The smallest absolute Gasteiger partial charge is 0.263 e. The van der Waals surface area contributed by atoms with Crippen LogP contribution in [0.1, 0.15) is 21.6 Å². The Morgan fingerprint density at radius 3 is 2.61 bits per heavy atom. The van der Waals surface area contributed by atoms with E-state index in [9.17, 15) is 13.2 Å². The van der Waals surface area contributed by atoms with Gasteiger partial charge in [-0.05, 0) is 43.7 Å². The van der Waals surface area contributed by atoms with E-state index in [4.69, 9.17) is 4.74 Å². The van der Waals surface area contributed by atoms with Crippen molar-refractivity contribution in [1.82, 2.24) is 19.4 Å². The molecule has 0 atom stereocenters. The highest BCUT2D eigenvalue weighted by atomic mass is 32.2. The molecular formula is C26H33N5O4S. The van der Waals surface area contributed by atoms with Crippen molar-refractivity contribution in [3.8, 4) is 0 Å². The molecule has 1 amide bonds. The van der Waals surface area contributed by atoms with Gasteiger partial charge in [0.15, 0.2) is 0 Å². The number of aryl methyl sites for hydroxylation is 1. The van der Waals surface area contributed by atoms with Crippen LogP contribution in [0.4, 0.5) is 5.69 Å². The zero-order valence-corrected chi connectivity index (χ0v) is 21.8. The molecule has 0 spiro atoms. The van der Waals surface area contributed by atoms with Crippen LogP contribution in [0, 0.1) is 13.8 Å². The number of ether oxygens (including phenoxy) is 1. The molecule has 9 nitrogen and oxygen atoms in total. The minimum atomic E-state index is -3.92. The van der Waals surface area contributed by atoms with Crippen LogP contribution < -0.4 is 4.72 Å². The minimum absolute atomic E-state index is 0.0531. The van der Waals surface area contributed by atoms with E-state index in [1.165, 1.54) is 18.5 Å². The van der Waals surface area contributed by atoms with Crippen molar-refractivity contribution in [2.45, 2.75) is 25.3 Å². The number of sulfonamides is 1. The number of carbonyl (C=O) groups is 1. The quantitative estimate of drug-likeness (QED) is 0.444. The molecule has 2 aromatic heterocycles. The average molecular weight is 512 g/mol. The molecule has 0 radical (unpaired) electrons.